The predicted molar refractivity (Wildman–Crippen MR) is 104 cm³/mol. The van der Waals surface area contributed by atoms with Gasteiger partial charge in [-0.05, 0) is 41.0 Å². The lowest BCUT2D eigenvalue weighted by atomic mass is 9.81. The summed E-state index contributed by atoms with van der Waals surface area (Å²) in [5.41, 5.74) is -0.386. The molecule has 0 amide bonds. The summed E-state index contributed by atoms with van der Waals surface area (Å²) in [6, 6.07) is 0. The van der Waals surface area contributed by atoms with Crippen LogP contribution in [-0.2, 0) is 28.5 Å². The zero-order valence-electron chi connectivity index (χ0n) is 17.6. The van der Waals surface area contributed by atoms with Crippen molar-refractivity contribution in [3.8, 4) is 0 Å². The first kappa shape index (κ1) is 23.1. The summed E-state index contributed by atoms with van der Waals surface area (Å²) in [5.74, 6) is 1.08. The largest absolute Gasteiger partial charge is 0.495 e. The molecule has 27 heavy (non-hydrogen) atoms. The average molecular weight is 382 g/mol. The van der Waals surface area contributed by atoms with E-state index >= 15 is 0 Å². The molecule has 0 aliphatic heterocycles. The molecular formula is C21H34O6. The van der Waals surface area contributed by atoms with Crippen LogP contribution in [-0.4, -0.2) is 44.1 Å². The average Bonchev–Trinajstić information content (AvgIpc) is 2.65. The van der Waals surface area contributed by atoms with E-state index in [1.165, 1.54) is 0 Å². The number of hydrogen-bond acceptors (Lipinski definition) is 6. The summed E-state index contributed by atoms with van der Waals surface area (Å²) < 4.78 is 29.9. The fourth-order valence-corrected chi connectivity index (χ4v) is 3.36. The normalized spacial score (nSPS) is 22.5. The van der Waals surface area contributed by atoms with Crippen LogP contribution in [0.4, 0.5) is 0 Å². The van der Waals surface area contributed by atoms with Crippen LogP contribution in [0.2, 0.25) is 0 Å². The first-order valence-electron chi connectivity index (χ1n) is 9.78. The summed E-state index contributed by atoms with van der Waals surface area (Å²) in [6.07, 6.45) is 1.75. The van der Waals surface area contributed by atoms with Crippen molar-refractivity contribution in [1.82, 2.24) is 0 Å². The fourth-order valence-electron chi connectivity index (χ4n) is 3.36. The topological polar surface area (TPSA) is 63.2 Å². The predicted octanol–water partition coefficient (Wildman–Crippen LogP) is 4.27. The van der Waals surface area contributed by atoms with Gasteiger partial charge in [-0.1, -0.05) is 19.9 Å². The maximum Gasteiger partial charge on any atom is 0.331 e. The van der Waals surface area contributed by atoms with Crippen molar-refractivity contribution < 1.29 is 28.5 Å². The Bertz CT molecular complexity index is 577. The molecule has 0 spiro atoms. The van der Waals surface area contributed by atoms with Gasteiger partial charge in [0, 0.05) is 18.3 Å². The molecular weight excluding hydrogens is 348 g/mol. The molecule has 2 unspecified atom stereocenters. The highest BCUT2D eigenvalue weighted by Crippen LogP contribution is 2.46. The molecule has 0 aromatic carbocycles. The fraction of sp³-hybridized carbons (Fsp3) is 0.667. The lowest BCUT2D eigenvalue weighted by molar-refractivity contribution is -0.177. The maximum absolute atomic E-state index is 12.3. The Balaban J connectivity index is 3.79. The van der Waals surface area contributed by atoms with Crippen molar-refractivity contribution in [3.05, 3.63) is 35.5 Å². The molecule has 0 aromatic rings. The van der Waals surface area contributed by atoms with E-state index < -0.39 is 17.7 Å². The van der Waals surface area contributed by atoms with Crippen LogP contribution in [0.5, 0.6) is 0 Å². The van der Waals surface area contributed by atoms with Gasteiger partial charge in [0.15, 0.2) is 17.6 Å². The van der Waals surface area contributed by atoms with Gasteiger partial charge in [-0.25, -0.2) is 4.79 Å². The number of allylic oxidation sites excluding steroid dienone is 1. The molecule has 0 N–H and O–H groups in total. The van der Waals surface area contributed by atoms with Crippen LogP contribution in [0, 0.1) is 0 Å². The molecule has 2 atom stereocenters. The zero-order chi connectivity index (χ0) is 20.4. The molecule has 6 heteroatoms. The van der Waals surface area contributed by atoms with Crippen molar-refractivity contribution in [3.63, 3.8) is 0 Å². The van der Waals surface area contributed by atoms with Crippen molar-refractivity contribution in [2.45, 2.75) is 66.1 Å². The van der Waals surface area contributed by atoms with Gasteiger partial charge in [0.1, 0.15) is 5.76 Å². The van der Waals surface area contributed by atoms with Crippen LogP contribution in [0.1, 0.15) is 54.4 Å². The summed E-state index contributed by atoms with van der Waals surface area (Å²) >= 11 is 0. The van der Waals surface area contributed by atoms with Gasteiger partial charge < -0.3 is 23.7 Å². The Kier molecular flexibility index (Phi) is 9.43. The van der Waals surface area contributed by atoms with Gasteiger partial charge in [-0.3, -0.25) is 0 Å². The number of carbonyl (C=O) groups excluding carboxylic acids is 1. The Morgan fingerprint density at radius 3 is 2.15 bits per heavy atom. The van der Waals surface area contributed by atoms with Gasteiger partial charge in [-0.2, -0.15) is 0 Å². The second kappa shape index (κ2) is 11.0. The smallest absolute Gasteiger partial charge is 0.331 e. The summed E-state index contributed by atoms with van der Waals surface area (Å²) in [5, 5.41) is 0. The standard InChI is InChI=1S/C21H34O6/c1-8-14-21(27-16(22)9-2)19(25-12-5)17(23-10-3)15(7)18(24-11-4)20(21)26-13-6/h9,19H,2,8,10-14H2,1,3-7H3. The van der Waals surface area contributed by atoms with Crippen molar-refractivity contribution in [2.24, 2.45) is 0 Å². The van der Waals surface area contributed by atoms with Crippen molar-refractivity contribution in [2.75, 3.05) is 26.4 Å². The van der Waals surface area contributed by atoms with E-state index in [-0.39, 0.29) is 0 Å². The van der Waals surface area contributed by atoms with Gasteiger partial charge in [0.05, 0.1) is 19.8 Å². The lowest BCUT2D eigenvalue weighted by Crippen LogP contribution is -2.54. The molecule has 0 heterocycles. The Labute approximate surface area is 163 Å². The first-order valence-corrected chi connectivity index (χ1v) is 9.78. The van der Waals surface area contributed by atoms with E-state index in [1.807, 2.05) is 41.5 Å². The third-order valence-corrected chi connectivity index (χ3v) is 4.24. The van der Waals surface area contributed by atoms with E-state index in [2.05, 4.69) is 6.58 Å². The van der Waals surface area contributed by atoms with E-state index in [9.17, 15) is 4.79 Å². The van der Waals surface area contributed by atoms with Crippen molar-refractivity contribution >= 4 is 5.97 Å². The molecule has 1 aliphatic carbocycles. The summed E-state index contributed by atoms with van der Waals surface area (Å²) in [6.45, 7) is 16.8. The van der Waals surface area contributed by atoms with E-state index in [0.717, 1.165) is 18.1 Å². The second-order valence-corrected chi connectivity index (χ2v) is 6.05. The minimum absolute atomic E-state index is 0.402. The van der Waals surface area contributed by atoms with E-state index in [4.69, 9.17) is 23.7 Å². The summed E-state index contributed by atoms with van der Waals surface area (Å²) in [4.78, 5) is 12.3. The molecule has 0 fully saturated rings. The molecule has 0 saturated carbocycles. The summed E-state index contributed by atoms with van der Waals surface area (Å²) in [7, 11) is 0. The minimum atomic E-state index is -1.18. The van der Waals surface area contributed by atoms with Crippen LogP contribution in [0.25, 0.3) is 0 Å². The monoisotopic (exact) mass is 382 g/mol. The lowest BCUT2D eigenvalue weighted by Gasteiger charge is -2.44. The Morgan fingerprint density at radius 1 is 1.04 bits per heavy atom. The number of rotatable bonds is 12. The van der Waals surface area contributed by atoms with Crippen LogP contribution in [0.3, 0.4) is 0 Å². The molecule has 0 aromatic heterocycles. The number of carbonyl (C=O) groups is 1. The minimum Gasteiger partial charge on any atom is -0.495 e. The quantitative estimate of drug-likeness (QED) is 0.371. The Hall–Kier alpha value is -1.95. The number of hydrogen-bond donors (Lipinski definition) is 0. The van der Waals surface area contributed by atoms with Crippen LogP contribution >= 0.6 is 0 Å². The van der Waals surface area contributed by atoms with E-state index in [0.29, 0.717) is 50.1 Å². The molecule has 154 valence electrons. The SMILES string of the molecule is C=CC(=O)OC1(CCC)C(OCC)=C(OCC)C(C)=C(OCC)C1OCC. The molecule has 1 aliphatic rings. The van der Waals surface area contributed by atoms with E-state index in [1.54, 1.807) is 0 Å². The molecule has 0 saturated heterocycles. The van der Waals surface area contributed by atoms with Gasteiger partial charge in [0.2, 0.25) is 5.60 Å². The third-order valence-electron chi connectivity index (χ3n) is 4.24. The maximum atomic E-state index is 12.3. The molecule has 0 bridgehead atoms. The molecule has 6 nitrogen and oxygen atoms in total. The number of ether oxygens (including phenoxy) is 5. The molecule has 1 rings (SSSR count). The van der Waals surface area contributed by atoms with Gasteiger partial charge >= 0.3 is 5.97 Å². The van der Waals surface area contributed by atoms with Gasteiger partial charge in [0.25, 0.3) is 0 Å². The highest BCUT2D eigenvalue weighted by Gasteiger charge is 2.55. The second-order valence-electron chi connectivity index (χ2n) is 6.05. The third kappa shape index (κ3) is 4.86. The van der Waals surface area contributed by atoms with Crippen LogP contribution in [0.15, 0.2) is 35.5 Å². The number of esters is 1. The Morgan fingerprint density at radius 2 is 1.67 bits per heavy atom. The highest BCUT2D eigenvalue weighted by atomic mass is 16.6. The van der Waals surface area contributed by atoms with Crippen molar-refractivity contribution in [1.29, 1.82) is 0 Å². The molecule has 0 radical (unpaired) electrons. The van der Waals surface area contributed by atoms with Gasteiger partial charge in [-0.15, -0.1) is 0 Å². The zero-order valence-corrected chi connectivity index (χ0v) is 17.6. The highest BCUT2D eigenvalue weighted by molar-refractivity contribution is 5.82. The first-order chi connectivity index (χ1) is 13.0. The van der Waals surface area contributed by atoms with Crippen LogP contribution < -0.4 is 0 Å².